The fourth-order valence-electron chi connectivity index (χ4n) is 3.60. The molecule has 0 aromatic carbocycles. The largest absolute Gasteiger partial charge is 0.357 e. The van der Waals surface area contributed by atoms with E-state index in [1.165, 1.54) is 0 Å². The highest BCUT2D eigenvalue weighted by Gasteiger charge is 2.20. The highest BCUT2D eigenvalue weighted by molar-refractivity contribution is 14.0. The van der Waals surface area contributed by atoms with Crippen LogP contribution in [0, 0.1) is 0 Å². The Bertz CT molecular complexity index is 934. The second-order valence-electron chi connectivity index (χ2n) is 7.05. The summed E-state index contributed by atoms with van der Waals surface area (Å²) in [6, 6.07) is 12.0. The van der Waals surface area contributed by atoms with E-state index in [0.717, 1.165) is 75.4 Å². The number of piperazine rings is 1. The molecule has 4 heterocycles. The van der Waals surface area contributed by atoms with Crippen LogP contribution in [0.2, 0.25) is 0 Å². The molecular formula is C21H29IN8. The monoisotopic (exact) mass is 520 g/mol. The number of hydrogen-bond donors (Lipinski definition) is 1. The van der Waals surface area contributed by atoms with Crippen LogP contribution in [0.3, 0.4) is 0 Å². The minimum Gasteiger partial charge on any atom is -0.357 e. The molecule has 4 rings (SSSR count). The zero-order chi connectivity index (χ0) is 19.9. The van der Waals surface area contributed by atoms with Crippen LogP contribution in [0.4, 0.5) is 5.82 Å². The summed E-state index contributed by atoms with van der Waals surface area (Å²) in [5.74, 6) is 3.04. The molecule has 3 aromatic heterocycles. The van der Waals surface area contributed by atoms with Crippen molar-refractivity contribution in [2.24, 2.45) is 4.99 Å². The Morgan fingerprint density at radius 3 is 2.67 bits per heavy atom. The van der Waals surface area contributed by atoms with Gasteiger partial charge in [0.25, 0.3) is 0 Å². The number of guanidine groups is 1. The summed E-state index contributed by atoms with van der Waals surface area (Å²) in [5, 5.41) is 12.0. The van der Waals surface area contributed by atoms with Crippen LogP contribution in [0.1, 0.15) is 19.2 Å². The summed E-state index contributed by atoms with van der Waals surface area (Å²) in [5.41, 5.74) is 0.894. The predicted molar refractivity (Wildman–Crippen MR) is 131 cm³/mol. The fraction of sp³-hybridized carbons (Fsp3) is 0.429. The van der Waals surface area contributed by atoms with Gasteiger partial charge in [-0.2, -0.15) is 0 Å². The number of nitrogens with one attached hydrogen (secondary N) is 1. The van der Waals surface area contributed by atoms with Gasteiger partial charge in [-0.25, -0.2) is 4.98 Å². The summed E-state index contributed by atoms with van der Waals surface area (Å²) in [7, 11) is 0. The van der Waals surface area contributed by atoms with E-state index < -0.39 is 0 Å². The van der Waals surface area contributed by atoms with Gasteiger partial charge in [-0.3, -0.25) is 9.39 Å². The summed E-state index contributed by atoms with van der Waals surface area (Å²) >= 11 is 0. The Morgan fingerprint density at radius 1 is 1.07 bits per heavy atom. The second-order valence-corrected chi connectivity index (χ2v) is 7.05. The van der Waals surface area contributed by atoms with Crippen molar-refractivity contribution in [3.05, 3.63) is 54.6 Å². The Kier molecular flexibility index (Phi) is 8.23. The van der Waals surface area contributed by atoms with Crippen molar-refractivity contribution in [3.63, 3.8) is 0 Å². The minimum absolute atomic E-state index is 0. The van der Waals surface area contributed by atoms with E-state index in [-0.39, 0.29) is 24.0 Å². The number of rotatable bonds is 6. The average Bonchev–Trinajstić information content (AvgIpc) is 3.20. The van der Waals surface area contributed by atoms with Gasteiger partial charge in [-0.15, -0.1) is 34.2 Å². The summed E-state index contributed by atoms with van der Waals surface area (Å²) < 4.78 is 2.05. The molecule has 1 aliphatic heterocycles. The van der Waals surface area contributed by atoms with Gasteiger partial charge in [-0.1, -0.05) is 12.1 Å². The molecule has 0 bridgehead atoms. The maximum absolute atomic E-state index is 4.85. The van der Waals surface area contributed by atoms with Crippen LogP contribution >= 0.6 is 24.0 Å². The average molecular weight is 520 g/mol. The maximum Gasteiger partial charge on any atom is 0.194 e. The first kappa shape index (κ1) is 22.3. The number of halogens is 1. The number of aromatic nitrogens is 4. The number of fused-ring (bicyclic) bond motifs is 1. The number of hydrogen-bond acceptors (Lipinski definition) is 5. The van der Waals surface area contributed by atoms with Crippen molar-refractivity contribution in [3.8, 4) is 0 Å². The van der Waals surface area contributed by atoms with E-state index in [9.17, 15) is 0 Å². The number of aliphatic imine (C=N–C) groups is 1. The number of aryl methyl sites for hydroxylation is 1. The van der Waals surface area contributed by atoms with E-state index in [2.05, 4.69) is 43.3 Å². The molecule has 9 heteroatoms. The molecule has 160 valence electrons. The van der Waals surface area contributed by atoms with Crippen LogP contribution < -0.4 is 10.2 Å². The third kappa shape index (κ3) is 5.38. The van der Waals surface area contributed by atoms with E-state index >= 15 is 0 Å². The molecule has 0 radical (unpaired) electrons. The molecule has 0 amide bonds. The van der Waals surface area contributed by atoms with Gasteiger partial charge < -0.3 is 15.1 Å². The fourth-order valence-corrected chi connectivity index (χ4v) is 3.60. The first-order valence-electron chi connectivity index (χ1n) is 10.3. The zero-order valence-corrected chi connectivity index (χ0v) is 19.6. The summed E-state index contributed by atoms with van der Waals surface area (Å²) in [6.45, 7) is 7.54. The smallest absolute Gasteiger partial charge is 0.194 e. The lowest BCUT2D eigenvalue weighted by atomic mass is 10.3. The number of nitrogens with zero attached hydrogens (tertiary/aromatic N) is 7. The second kappa shape index (κ2) is 11.1. The predicted octanol–water partition coefficient (Wildman–Crippen LogP) is 2.46. The molecule has 0 aliphatic carbocycles. The quantitative estimate of drug-likeness (QED) is 0.233. The van der Waals surface area contributed by atoms with E-state index in [4.69, 9.17) is 4.99 Å². The lowest BCUT2D eigenvalue weighted by molar-refractivity contribution is 0.371. The van der Waals surface area contributed by atoms with Crippen molar-refractivity contribution in [1.82, 2.24) is 29.8 Å². The van der Waals surface area contributed by atoms with Gasteiger partial charge >= 0.3 is 0 Å². The highest BCUT2D eigenvalue weighted by atomic mass is 127. The molecular weight excluding hydrogens is 491 g/mol. The van der Waals surface area contributed by atoms with Gasteiger partial charge in [0.15, 0.2) is 11.6 Å². The molecule has 0 atom stereocenters. The zero-order valence-electron chi connectivity index (χ0n) is 17.3. The minimum atomic E-state index is 0. The van der Waals surface area contributed by atoms with Gasteiger partial charge in [0.05, 0.1) is 0 Å². The molecule has 1 N–H and O–H groups in total. The summed E-state index contributed by atoms with van der Waals surface area (Å²) in [6.07, 6.45) is 5.67. The van der Waals surface area contributed by atoms with Crippen molar-refractivity contribution in [2.45, 2.75) is 19.8 Å². The topological polar surface area (TPSA) is 74.0 Å². The maximum atomic E-state index is 4.85. The molecule has 0 saturated carbocycles. The lowest BCUT2D eigenvalue weighted by Crippen LogP contribution is -2.52. The first-order chi connectivity index (χ1) is 14.3. The molecule has 8 nitrogen and oxygen atoms in total. The third-order valence-corrected chi connectivity index (χ3v) is 5.09. The molecule has 30 heavy (non-hydrogen) atoms. The highest BCUT2D eigenvalue weighted by Crippen LogP contribution is 2.12. The van der Waals surface area contributed by atoms with Crippen LogP contribution in [0.25, 0.3) is 5.65 Å². The lowest BCUT2D eigenvalue weighted by Gasteiger charge is -2.37. The van der Waals surface area contributed by atoms with E-state index in [1.807, 2.05) is 47.1 Å². The van der Waals surface area contributed by atoms with Crippen LogP contribution in [-0.2, 0) is 6.42 Å². The van der Waals surface area contributed by atoms with Crippen molar-refractivity contribution in [1.29, 1.82) is 0 Å². The van der Waals surface area contributed by atoms with Gasteiger partial charge in [-0.05, 0) is 37.6 Å². The van der Waals surface area contributed by atoms with Gasteiger partial charge in [0.1, 0.15) is 11.6 Å². The Morgan fingerprint density at radius 2 is 1.90 bits per heavy atom. The van der Waals surface area contributed by atoms with Crippen LogP contribution in [0.15, 0.2) is 53.8 Å². The van der Waals surface area contributed by atoms with E-state index in [1.54, 1.807) is 0 Å². The SMILES string of the molecule is CCNC(=NCCCc1nnc2ccccn12)N1CCN(c2ccccn2)CC1.I. The van der Waals surface area contributed by atoms with Crippen molar-refractivity contribution < 1.29 is 0 Å². The Hall–Kier alpha value is -2.43. The van der Waals surface area contributed by atoms with E-state index in [0.29, 0.717) is 0 Å². The number of anilines is 1. The molecule has 0 spiro atoms. The number of pyridine rings is 2. The van der Waals surface area contributed by atoms with Crippen molar-refractivity contribution in [2.75, 3.05) is 44.2 Å². The molecule has 1 saturated heterocycles. The molecule has 0 unspecified atom stereocenters. The molecule has 3 aromatic rings. The van der Waals surface area contributed by atoms with Crippen molar-refractivity contribution >= 4 is 41.4 Å². The van der Waals surface area contributed by atoms with Gasteiger partial charge in [0.2, 0.25) is 0 Å². The first-order valence-corrected chi connectivity index (χ1v) is 10.3. The molecule has 1 aliphatic rings. The van der Waals surface area contributed by atoms with Crippen LogP contribution in [0.5, 0.6) is 0 Å². The standard InChI is InChI=1S/C21H28N8.HI/c1-2-22-21(28-16-14-27(15-17-28)18-8-3-5-11-23-18)24-12-7-10-20-26-25-19-9-4-6-13-29(19)20;/h3-6,8-9,11,13H,2,7,10,12,14-17H2,1H3,(H,22,24);1H. The Balaban J connectivity index is 0.00000256. The molecule has 1 fully saturated rings. The van der Waals surface area contributed by atoms with Gasteiger partial charge in [0, 0.05) is 58.1 Å². The normalized spacial score (nSPS) is 14.6. The Labute approximate surface area is 194 Å². The summed E-state index contributed by atoms with van der Waals surface area (Å²) in [4.78, 5) is 14.0. The van der Waals surface area contributed by atoms with Crippen LogP contribution in [-0.4, -0.2) is 69.7 Å². The third-order valence-electron chi connectivity index (χ3n) is 5.09.